The highest BCUT2D eigenvalue weighted by Gasteiger charge is 1.95. The first-order chi connectivity index (χ1) is 7.42. The minimum atomic E-state index is 0.210. The smallest absolute Gasteiger partial charge is 0.0465 e. The molecule has 0 amide bonds. The van der Waals surface area contributed by atoms with Crippen LogP contribution in [0, 0.1) is 0 Å². The Morgan fingerprint density at radius 2 is 1.80 bits per heavy atom. The summed E-state index contributed by atoms with van der Waals surface area (Å²) in [6.07, 6.45) is 4.78. The molecule has 1 nitrogen and oxygen atoms in total. The molecule has 0 saturated heterocycles. The van der Waals surface area contributed by atoms with Crippen molar-refractivity contribution in [3.8, 4) is 0 Å². The number of aliphatic hydroxyl groups is 1. The van der Waals surface area contributed by atoms with E-state index in [-0.39, 0.29) is 6.61 Å². The highest BCUT2D eigenvalue weighted by molar-refractivity contribution is 5.90. The molecule has 0 aromatic heterocycles. The second-order valence-electron chi connectivity index (χ2n) is 3.48. The molecule has 0 spiro atoms. The zero-order valence-electron chi connectivity index (χ0n) is 8.56. The highest BCUT2D eigenvalue weighted by atomic mass is 16.2. The normalized spacial score (nSPS) is 11.3. The fourth-order valence-corrected chi connectivity index (χ4v) is 1.68. The maximum absolute atomic E-state index is 8.71. The fraction of sp³-hybridized carbons (Fsp3) is 0.143. The van der Waals surface area contributed by atoms with Crippen LogP contribution in [0.3, 0.4) is 0 Å². The summed E-state index contributed by atoms with van der Waals surface area (Å²) >= 11 is 0. The van der Waals surface area contributed by atoms with Crippen molar-refractivity contribution in [1.82, 2.24) is 0 Å². The van der Waals surface area contributed by atoms with Gasteiger partial charge in [0.2, 0.25) is 0 Å². The first-order valence-electron chi connectivity index (χ1n) is 5.17. The van der Waals surface area contributed by atoms with Crippen LogP contribution >= 0.6 is 0 Å². The van der Waals surface area contributed by atoms with E-state index in [2.05, 4.69) is 36.4 Å². The fourth-order valence-electron chi connectivity index (χ4n) is 1.68. The largest absolute Gasteiger partial charge is 0.396 e. The third-order valence-corrected chi connectivity index (χ3v) is 2.42. The molecule has 76 valence electrons. The van der Waals surface area contributed by atoms with Crippen molar-refractivity contribution in [2.45, 2.75) is 6.42 Å². The van der Waals surface area contributed by atoms with E-state index >= 15 is 0 Å². The average molecular weight is 198 g/mol. The van der Waals surface area contributed by atoms with E-state index in [1.807, 2.05) is 18.2 Å². The van der Waals surface area contributed by atoms with Crippen LogP contribution < -0.4 is 0 Å². The molecule has 0 aliphatic carbocycles. The quantitative estimate of drug-likeness (QED) is 0.802. The minimum Gasteiger partial charge on any atom is -0.396 e. The molecule has 2 rings (SSSR count). The molecular weight excluding hydrogens is 184 g/mol. The molecule has 0 aliphatic rings. The van der Waals surface area contributed by atoms with E-state index in [0.29, 0.717) is 6.42 Å². The molecule has 0 unspecified atom stereocenters. The Bertz CT molecular complexity index is 466. The van der Waals surface area contributed by atoms with Crippen molar-refractivity contribution in [3.05, 3.63) is 54.1 Å². The molecule has 0 heterocycles. The third kappa shape index (κ3) is 2.25. The van der Waals surface area contributed by atoms with Crippen molar-refractivity contribution < 1.29 is 5.11 Å². The summed E-state index contributed by atoms with van der Waals surface area (Å²) in [5, 5.41) is 11.2. The monoisotopic (exact) mass is 198 g/mol. The van der Waals surface area contributed by atoms with E-state index in [9.17, 15) is 0 Å². The zero-order chi connectivity index (χ0) is 10.5. The van der Waals surface area contributed by atoms with Crippen LogP contribution in [0.25, 0.3) is 16.8 Å². The lowest BCUT2D eigenvalue weighted by Crippen LogP contribution is -1.79. The van der Waals surface area contributed by atoms with E-state index in [1.54, 1.807) is 0 Å². The molecule has 0 atom stereocenters. The number of benzene rings is 2. The van der Waals surface area contributed by atoms with Gasteiger partial charge in [0.15, 0.2) is 0 Å². The number of aliphatic hydroxyl groups excluding tert-OH is 1. The van der Waals surface area contributed by atoms with Gasteiger partial charge in [0.05, 0.1) is 0 Å². The van der Waals surface area contributed by atoms with Crippen LogP contribution in [0.2, 0.25) is 0 Å². The predicted molar refractivity (Wildman–Crippen MR) is 64.7 cm³/mol. The summed E-state index contributed by atoms with van der Waals surface area (Å²) in [6.45, 7) is 0.210. The molecule has 0 fully saturated rings. The van der Waals surface area contributed by atoms with Crippen molar-refractivity contribution in [1.29, 1.82) is 0 Å². The van der Waals surface area contributed by atoms with E-state index in [0.717, 1.165) is 0 Å². The van der Waals surface area contributed by atoms with Gasteiger partial charge in [-0.3, -0.25) is 0 Å². The Labute approximate surface area is 89.7 Å². The van der Waals surface area contributed by atoms with Crippen LogP contribution in [-0.4, -0.2) is 11.7 Å². The molecule has 0 saturated carbocycles. The van der Waals surface area contributed by atoms with Gasteiger partial charge in [0, 0.05) is 6.61 Å². The highest BCUT2D eigenvalue weighted by Crippen LogP contribution is 2.19. The first kappa shape index (κ1) is 9.94. The van der Waals surface area contributed by atoms with Gasteiger partial charge in [-0.1, -0.05) is 54.6 Å². The van der Waals surface area contributed by atoms with Crippen LogP contribution in [0.4, 0.5) is 0 Å². The van der Waals surface area contributed by atoms with Crippen molar-refractivity contribution in [2.75, 3.05) is 6.61 Å². The molecule has 15 heavy (non-hydrogen) atoms. The Balaban J connectivity index is 2.42. The third-order valence-electron chi connectivity index (χ3n) is 2.42. The van der Waals surface area contributed by atoms with Gasteiger partial charge < -0.3 is 5.11 Å². The van der Waals surface area contributed by atoms with Gasteiger partial charge in [-0.2, -0.15) is 0 Å². The van der Waals surface area contributed by atoms with Crippen molar-refractivity contribution >= 4 is 16.8 Å². The molecule has 0 radical (unpaired) electrons. The predicted octanol–water partition coefficient (Wildman–Crippen LogP) is 3.24. The maximum Gasteiger partial charge on any atom is 0.0465 e. The molecule has 0 aliphatic heterocycles. The van der Waals surface area contributed by atoms with Gasteiger partial charge in [0.25, 0.3) is 0 Å². The summed E-state index contributed by atoms with van der Waals surface area (Å²) in [7, 11) is 0. The van der Waals surface area contributed by atoms with Crippen LogP contribution in [0.1, 0.15) is 12.0 Å². The molecule has 1 N–H and O–H groups in total. The second-order valence-corrected chi connectivity index (χ2v) is 3.48. The van der Waals surface area contributed by atoms with Gasteiger partial charge in [-0.15, -0.1) is 0 Å². The van der Waals surface area contributed by atoms with Gasteiger partial charge in [0.1, 0.15) is 0 Å². The molecule has 2 aromatic rings. The van der Waals surface area contributed by atoms with E-state index in [1.165, 1.54) is 16.3 Å². The van der Waals surface area contributed by atoms with Gasteiger partial charge in [-0.25, -0.2) is 0 Å². The number of hydrogen-bond acceptors (Lipinski definition) is 1. The Morgan fingerprint density at radius 3 is 2.67 bits per heavy atom. The lowest BCUT2D eigenvalue weighted by molar-refractivity contribution is 0.303. The summed E-state index contributed by atoms with van der Waals surface area (Å²) < 4.78 is 0. The summed E-state index contributed by atoms with van der Waals surface area (Å²) in [6, 6.07) is 14.6. The van der Waals surface area contributed by atoms with Crippen LogP contribution in [0.5, 0.6) is 0 Å². The van der Waals surface area contributed by atoms with Crippen molar-refractivity contribution in [2.24, 2.45) is 0 Å². The van der Waals surface area contributed by atoms with Crippen LogP contribution in [-0.2, 0) is 0 Å². The topological polar surface area (TPSA) is 20.2 Å². The molecule has 2 aromatic carbocycles. The van der Waals surface area contributed by atoms with E-state index < -0.39 is 0 Å². The Morgan fingerprint density at radius 1 is 1.00 bits per heavy atom. The number of rotatable bonds is 3. The Hall–Kier alpha value is -1.60. The lowest BCUT2D eigenvalue weighted by Gasteiger charge is -2.01. The minimum absolute atomic E-state index is 0.210. The average Bonchev–Trinajstić information content (AvgIpc) is 2.30. The second kappa shape index (κ2) is 4.76. The molecular formula is C14H14O. The SMILES string of the molecule is OCC/C=C/c1cccc2ccccc12. The van der Waals surface area contributed by atoms with Gasteiger partial charge in [-0.05, 0) is 22.8 Å². The van der Waals surface area contributed by atoms with E-state index in [4.69, 9.17) is 5.11 Å². The first-order valence-corrected chi connectivity index (χ1v) is 5.17. The summed E-state index contributed by atoms with van der Waals surface area (Å²) in [4.78, 5) is 0. The summed E-state index contributed by atoms with van der Waals surface area (Å²) in [5.74, 6) is 0. The zero-order valence-corrected chi connectivity index (χ0v) is 8.56. The molecule has 0 bridgehead atoms. The van der Waals surface area contributed by atoms with Crippen LogP contribution in [0.15, 0.2) is 48.5 Å². The number of fused-ring (bicyclic) bond motifs is 1. The lowest BCUT2D eigenvalue weighted by atomic mass is 10.0. The van der Waals surface area contributed by atoms with Gasteiger partial charge >= 0.3 is 0 Å². The maximum atomic E-state index is 8.71. The standard InChI is InChI=1S/C14H14O/c15-11-4-3-7-13-9-5-8-12-6-1-2-10-14(12)13/h1-3,5-10,15H,4,11H2/b7-3+. The number of hydrogen-bond donors (Lipinski definition) is 1. The molecule has 1 heteroatoms. The Kier molecular flexibility index (Phi) is 3.15. The van der Waals surface area contributed by atoms with Crippen molar-refractivity contribution in [3.63, 3.8) is 0 Å². The summed E-state index contributed by atoms with van der Waals surface area (Å²) in [5.41, 5.74) is 1.21.